The molecule has 1 aromatic rings. The number of aromatic nitrogens is 1. The Labute approximate surface area is 169 Å². The zero-order valence-corrected chi connectivity index (χ0v) is 18.0. The van der Waals surface area contributed by atoms with E-state index in [-0.39, 0.29) is 24.0 Å². The minimum atomic E-state index is 0. The molecular formula is C19H34IN5. The van der Waals surface area contributed by atoms with Crippen molar-refractivity contribution in [1.82, 2.24) is 15.2 Å². The summed E-state index contributed by atoms with van der Waals surface area (Å²) in [6.07, 6.45) is 6.47. The van der Waals surface area contributed by atoms with Crippen LogP contribution in [-0.2, 0) is 6.42 Å². The first-order valence-corrected chi connectivity index (χ1v) is 9.29. The minimum absolute atomic E-state index is 0. The summed E-state index contributed by atoms with van der Waals surface area (Å²) in [5.74, 6) is 2.04. The van der Waals surface area contributed by atoms with Gasteiger partial charge in [-0.05, 0) is 62.9 Å². The number of guanidine groups is 1. The third-order valence-corrected chi connectivity index (χ3v) is 4.66. The van der Waals surface area contributed by atoms with Gasteiger partial charge in [0.1, 0.15) is 0 Å². The Morgan fingerprint density at radius 2 is 2.12 bits per heavy atom. The maximum Gasteiger partial charge on any atom is 0.188 e. The minimum Gasteiger partial charge on any atom is -0.370 e. The molecule has 1 aliphatic rings. The van der Waals surface area contributed by atoms with Crippen LogP contribution in [0, 0.1) is 11.8 Å². The molecule has 0 saturated carbocycles. The second kappa shape index (κ2) is 12.5. The van der Waals surface area contributed by atoms with Gasteiger partial charge < -0.3 is 16.0 Å². The van der Waals surface area contributed by atoms with E-state index in [1.165, 1.54) is 38.9 Å². The highest BCUT2D eigenvalue weighted by Gasteiger charge is 2.18. The maximum atomic E-state index is 5.97. The zero-order chi connectivity index (χ0) is 17.2. The second-order valence-electron chi connectivity index (χ2n) is 7.19. The number of aliphatic imine (C=N–C) groups is 1. The summed E-state index contributed by atoms with van der Waals surface area (Å²) in [6.45, 7) is 9.88. The predicted octanol–water partition coefficient (Wildman–Crippen LogP) is 2.90. The lowest BCUT2D eigenvalue weighted by Gasteiger charge is -2.31. The van der Waals surface area contributed by atoms with Gasteiger partial charge in [-0.3, -0.25) is 9.98 Å². The van der Waals surface area contributed by atoms with Gasteiger partial charge in [0.05, 0.1) is 0 Å². The monoisotopic (exact) mass is 459 g/mol. The molecule has 2 heterocycles. The molecule has 0 bridgehead atoms. The molecule has 1 fully saturated rings. The van der Waals surface area contributed by atoms with Crippen LogP contribution in [0.25, 0.3) is 0 Å². The summed E-state index contributed by atoms with van der Waals surface area (Å²) in [5, 5.41) is 3.19. The molecule has 25 heavy (non-hydrogen) atoms. The van der Waals surface area contributed by atoms with E-state index in [2.05, 4.69) is 34.0 Å². The van der Waals surface area contributed by atoms with E-state index in [4.69, 9.17) is 5.73 Å². The van der Waals surface area contributed by atoms with Crippen LogP contribution in [-0.4, -0.2) is 48.6 Å². The van der Waals surface area contributed by atoms with E-state index < -0.39 is 0 Å². The third-order valence-electron chi connectivity index (χ3n) is 4.66. The standard InChI is InChI=1S/C19H33N5.HI/c1-16(2)7-12-24-13-8-17(9-14-24)15-23-19(20)22-11-6-18-5-3-4-10-21-18;/h3-5,10,16-17H,6-9,11-15H2,1-2H3,(H3,20,22,23);1H. The first-order valence-electron chi connectivity index (χ1n) is 9.29. The molecule has 6 heteroatoms. The topological polar surface area (TPSA) is 66.5 Å². The summed E-state index contributed by atoms with van der Waals surface area (Å²) in [4.78, 5) is 11.4. The van der Waals surface area contributed by atoms with Crippen LogP contribution < -0.4 is 11.1 Å². The van der Waals surface area contributed by atoms with E-state index in [0.717, 1.165) is 31.1 Å². The summed E-state index contributed by atoms with van der Waals surface area (Å²) in [7, 11) is 0. The lowest BCUT2D eigenvalue weighted by molar-refractivity contribution is 0.180. The SMILES string of the molecule is CC(C)CCN1CCC(CN=C(N)NCCc2ccccn2)CC1.I. The number of piperidine rings is 1. The Hall–Kier alpha value is -0.890. The number of rotatable bonds is 8. The number of hydrogen-bond donors (Lipinski definition) is 2. The Balaban J connectivity index is 0.00000312. The van der Waals surface area contributed by atoms with Crippen LogP contribution in [0.5, 0.6) is 0 Å². The Bertz CT molecular complexity index is 484. The highest BCUT2D eigenvalue weighted by atomic mass is 127. The van der Waals surface area contributed by atoms with Gasteiger partial charge in [0.25, 0.3) is 0 Å². The molecule has 1 aliphatic heterocycles. The van der Waals surface area contributed by atoms with E-state index in [9.17, 15) is 0 Å². The van der Waals surface area contributed by atoms with Gasteiger partial charge in [0, 0.05) is 31.4 Å². The summed E-state index contributed by atoms with van der Waals surface area (Å²) >= 11 is 0. The highest BCUT2D eigenvalue weighted by molar-refractivity contribution is 14.0. The first-order chi connectivity index (χ1) is 11.6. The molecule has 1 saturated heterocycles. The Kier molecular flexibility index (Phi) is 11.0. The van der Waals surface area contributed by atoms with Crippen LogP contribution in [0.2, 0.25) is 0 Å². The molecule has 0 atom stereocenters. The lowest BCUT2D eigenvalue weighted by Crippen LogP contribution is -2.37. The number of hydrogen-bond acceptors (Lipinski definition) is 3. The van der Waals surface area contributed by atoms with E-state index in [1.807, 2.05) is 24.4 Å². The molecule has 0 aromatic carbocycles. The summed E-state index contributed by atoms with van der Waals surface area (Å²) < 4.78 is 0. The van der Waals surface area contributed by atoms with Gasteiger partial charge >= 0.3 is 0 Å². The smallest absolute Gasteiger partial charge is 0.188 e. The van der Waals surface area contributed by atoms with Crippen molar-refractivity contribution in [3.63, 3.8) is 0 Å². The van der Waals surface area contributed by atoms with Crippen LogP contribution in [0.3, 0.4) is 0 Å². The number of nitrogens with zero attached hydrogens (tertiary/aromatic N) is 3. The van der Waals surface area contributed by atoms with Crippen molar-refractivity contribution in [2.24, 2.45) is 22.6 Å². The van der Waals surface area contributed by atoms with E-state index >= 15 is 0 Å². The van der Waals surface area contributed by atoms with Gasteiger partial charge in [0.15, 0.2) is 5.96 Å². The van der Waals surface area contributed by atoms with Crippen LogP contribution >= 0.6 is 24.0 Å². The predicted molar refractivity (Wildman–Crippen MR) is 116 cm³/mol. The van der Waals surface area contributed by atoms with Crippen molar-refractivity contribution < 1.29 is 0 Å². The number of likely N-dealkylation sites (tertiary alicyclic amines) is 1. The van der Waals surface area contributed by atoms with Crippen molar-refractivity contribution in [2.75, 3.05) is 32.7 Å². The molecule has 0 spiro atoms. The zero-order valence-electron chi connectivity index (χ0n) is 15.7. The molecule has 0 unspecified atom stereocenters. The molecule has 0 aliphatic carbocycles. The van der Waals surface area contributed by atoms with Crippen molar-refractivity contribution in [3.8, 4) is 0 Å². The van der Waals surface area contributed by atoms with Crippen molar-refractivity contribution >= 4 is 29.9 Å². The second-order valence-corrected chi connectivity index (χ2v) is 7.19. The Morgan fingerprint density at radius 1 is 1.36 bits per heavy atom. The normalized spacial score (nSPS) is 16.7. The fourth-order valence-electron chi connectivity index (χ4n) is 2.98. The summed E-state index contributed by atoms with van der Waals surface area (Å²) in [6, 6.07) is 5.97. The molecule has 5 nitrogen and oxygen atoms in total. The van der Waals surface area contributed by atoms with Gasteiger partial charge in [-0.15, -0.1) is 24.0 Å². The van der Waals surface area contributed by atoms with Gasteiger partial charge in [-0.25, -0.2) is 0 Å². The molecule has 1 aromatic heterocycles. The van der Waals surface area contributed by atoms with Crippen molar-refractivity contribution in [2.45, 2.75) is 39.5 Å². The Morgan fingerprint density at radius 3 is 2.76 bits per heavy atom. The molecule has 142 valence electrons. The fourth-order valence-corrected chi connectivity index (χ4v) is 2.98. The number of nitrogens with two attached hydrogens (primary N) is 1. The fraction of sp³-hybridized carbons (Fsp3) is 0.684. The third kappa shape index (κ3) is 9.39. The largest absolute Gasteiger partial charge is 0.370 e. The summed E-state index contributed by atoms with van der Waals surface area (Å²) in [5.41, 5.74) is 7.05. The van der Waals surface area contributed by atoms with E-state index in [0.29, 0.717) is 11.9 Å². The lowest BCUT2D eigenvalue weighted by atomic mass is 9.96. The quantitative estimate of drug-likeness (QED) is 0.357. The van der Waals surface area contributed by atoms with Crippen LogP contribution in [0.1, 0.15) is 38.8 Å². The van der Waals surface area contributed by atoms with Gasteiger partial charge in [0.2, 0.25) is 0 Å². The molecule has 0 amide bonds. The van der Waals surface area contributed by atoms with Crippen molar-refractivity contribution in [3.05, 3.63) is 30.1 Å². The average Bonchev–Trinajstić information content (AvgIpc) is 2.60. The average molecular weight is 459 g/mol. The molecule has 3 N–H and O–H groups in total. The molecule has 0 radical (unpaired) electrons. The molecule has 2 rings (SSSR count). The maximum absolute atomic E-state index is 5.97. The number of pyridine rings is 1. The first kappa shape index (κ1) is 22.2. The van der Waals surface area contributed by atoms with Gasteiger partial charge in [-0.2, -0.15) is 0 Å². The number of nitrogens with one attached hydrogen (secondary N) is 1. The van der Waals surface area contributed by atoms with Crippen LogP contribution in [0.15, 0.2) is 29.4 Å². The van der Waals surface area contributed by atoms with Crippen LogP contribution in [0.4, 0.5) is 0 Å². The van der Waals surface area contributed by atoms with E-state index in [1.54, 1.807) is 0 Å². The van der Waals surface area contributed by atoms with Crippen molar-refractivity contribution in [1.29, 1.82) is 0 Å². The van der Waals surface area contributed by atoms with Gasteiger partial charge in [-0.1, -0.05) is 19.9 Å². The highest BCUT2D eigenvalue weighted by Crippen LogP contribution is 2.18. The number of halogens is 1. The molecular weight excluding hydrogens is 425 g/mol.